The summed E-state index contributed by atoms with van der Waals surface area (Å²) in [5.41, 5.74) is -1.03. The predicted molar refractivity (Wildman–Crippen MR) is 78.8 cm³/mol. The first-order valence-electron chi connectivity index (χ1n) is 7.26. The molecule has 0 spiro atoms. The van der Waals surface area contributed by atoms with Crippen molar-refractivity contribution in [1.82, 2.24) is 0 Å². The fourth-order valence-corrected chi connectivity index (χ4v) is 2.12. The lowest BCUT2D eigenvalue weighted by Gasteiger charge is -2.21. The molecule has 0 aromatic carbocycles. The van der Waals surface area contributed by atoms with Crippen molar-refractivity contribution in [3.8, 4) is 11.8 Å². The summed E-state index contributed by atoms with van der Waals surface area (Å²) in [6.07, 6.45) is 4.54. The summed E-state index contributed by atoms with van der Waals surface area (Å²) >= 11 is 0. The highest BCUT2D eigenvalue weighted by Gasteiger charge is 2.14. The van der Waals surface area contributed by atoms with Gasteiger partial charge in [-0.25, -0.2) is 0 Å². The van der Waals surface area contributed by atoms with Crippen LogP contribution in [0.3, 0.4) is 0 Å². The van der Waals surface area contributed by atoms with Crippen LogP contribution in [0.5, 0.6) is 0 Å². The first-order chi connectivity index (χ1) is 8.80. The lowest BCUT2D eigenvalue weighted by molar-refractivity contribution is 0.0512. The number of aliphatic hydroxyl groups excluding tert-OH is 1. The lowest BCUT2D eigenvalue weighted by atomic mass is 9.95. The van der Waals surface area contributed by atoms with Crippen LogP contribution < -0.4 is 0 Å². The molecule has 0 aliphatic rings. The number of ether oxygens (including phenoxy) is 1. The van der Waals surface area contributed by atoms with Crippen molar-refractivity contribution in [3.63, 3.8) is 0 Å². The molecule has 0 fully saturated rings. The van der Waals surface area contributed by atoms with E-state index in [1.165, 1.54) is 0 Å². The van der Waals surface area contributed by atoms with Gasteiger partial charge in [-0.05, 0) is 45.4 Å². The van der Waals surface area contributed by atoms with Crippen molar-refractivity contribution < 1.29 is 14.9 Å². The van der Waals surface area contributed by atoms with Gasteiger partial charge in [0.15, 0.2) is 0 Å². The normalized spacial score (nSPS) is 16.4. The summed E-state index contributed by atoms with van der Waals surface area (Å²) in [7, 11) is 1.76. The maximum Gasteiger partial charge on any atom is 0.120 e. The molecule has 112 valence electrons. The number of unbranched alkanes of at least 4 members (excludes halogenated alkanes) is 1. The average Bonchev–Trinajstić information content (AvgIpc) is 2.33. The molecule has 0 radical (unpaired) electrons. The van der Waals surface area contributed by atoms with Gasteiger partial charge in [0.25, 0.3) is 0 Å². The Morgan fingerprint density at radius 2 is 1.79 bits per heavy atom. The van der Waals surface area contributed by atoms with Crippen molar-refractivity contribution in [1.29, 1.82) is 0 Å². The van der Waals surface area contributed by atoms with Gasteiger partial charge < -0.3 is 14.9 Å². The molecule has 19 heavy (non-hydrogen) atoms. The molecule has 0 unspecified atom stereocenters. The molecule has 2 N–H and O–H groups in total. The second kappa shape index (κ2) is 9.36. The zero-order chi connectivity index (χ0) is 14.9. The third-order valence-corrected chi connectivity index (χ3v) is 3.27. The predicted octanol–water partition coefficient (Wildman–Crippen LogP) is 2.74. The Kier molecular flexibility index (Phi) is 9.08. The Balaban J connectivity index is 3.82. The summed E-state index contributed by atoms with van der Waals surface area (Å²) in [5, 5.41) is 19.1. The third-order valence-electron chi connectivity index (χ3n) is 3.27. The Bertz CT molecular complexity index is 279. The Morgan fingerprint density at radius 1 is 1.21 bits per heavy atom. The molecule has 3 nitrogen and oxygen atoms in total. The largest absolute Gasteiger partial charge is 0.381 e. The van der Waals surface area contributed by atoms with Crippen LogP contribution >= 0.6 is 0 Å². The van der Waals surface area contributed by atoms with E-state index in [9.17, 15) is 10.2 Å². The monoisotopic (exact) mass is 270 g/mol. The van der Waals surface area contributed by atoms with Gasteiger partial charge in [-0.1, -0.05) is 32.1 Å². The van der Waals surface area contributed by atoms with Crippen molar-refractivity contribution in [2.75, 3.05) is 7.11 Å². The molecule has 0 bridgehead atoms. The molecule has 0 aromatic heterocycles. The number of methoxy groups -OCH3 is 1. The SMILES string of the molecule is CC[C@@H](OC)[C@@H](C)CCCC[C@@H](O)C#CC(C)(C)O. The Labute approximate surface area is 118 Å². The van der Waals surface area contributed by atoms with Gasteiger partial charge in [0, 0.05) is 7.11 Å². The first-order valence-corrected chi connectivity index (χ1v) is 7.26. The van der Waals surface area contributed by atoms with E-state index in [-0.39, 0.29) is 0 Å². The van der Waals surface area contributed by atoms with Crippen LogP contribution in [-0.4, -0.2) is 35.1 Å². The highest BCUT2D eigenvalue weighted by molar-refractivity contribution is 5.13. The maximum absolute atomic E-state index is 9.67. The molecule has 0 aliphatic heterocycles. The zero-order valence-electron chi connectivity index (χ0n) is 13.1. The fraction of sp³-hybridized carbons (Fsp3) is 0.875. The van der Waals surface area contributed by atoms with E-state index in [4.69, 9.17) is 4.74 Å². The molecular weight excluding hydrogens is 240 g/mol. The van der Waals surface area contributed by atoms with Crippen LogP contribution in [0.4, 0.5) is 0 Å². The highest BCUT2D eigenvalue weighted by atomic mass is 16.5. The molecule has 0 aromatic rings. The first kappa shape index (κ1) is 18.4. The van der Waals surface area contributed by atoms with Crippen molar-refractivity contribution in [3.05, 3.63) is 0 Å². The third kappa shape index (κ3) is 9.95. The van der Waals surface area contributed by atoms with Crippen molar-refractivity contribution in [2.24, 2.45) is 5.92 Å². The summed E-state index contributed by atoms with van der Waals surface area (Å²) in [6, 6.07) is 0. The van der Waals surface area contributed by atoms with Crippen LogP contribution in [-0.2, 0) is 4.74 Å². The van der Waals surface area contributed by atoms with Gasteiger partial charge in [0.2, 0.25) is 0 Å². The summed E-state index contributed by atoms with van der Waals surface area (Å²) in [5.74, 6) is 5.88. The van der Waals surface area contributed by atoms with E-state index < -0.39 is 11.7 Å². The molecule has 0 saturated heterocycles. The summed E-state index contributed by atoms with van der Waals surface area (Å²) < 4.78 is 5.42. The minimum atomic E-state index is -1.03. The summed E-state index contributed by atoms with van der Waals surface area (Å²) in [4.78, 5) is 0. The highest BCUT2D eigenvalue weighted by Crippen LogP contribution is 2.18. The maximum atomic E-state index is 9.67. The van der Waals surface area contributed by atoms with E-state index in [2.05, 4.69) is 25.7 Å². The van der Waals surface area contributed by atoms with Crippen LogP contribution in [0.2, 0.25) is 0 Å². The molecule has 3 heteroatoms. The van der Waals surface area contributed by atoms with E-state index in [0.29, 0.717) is 18.4 Å². The van der Waals surface area contributed by atoms with Gasteiger partial charge in [0.1, 0.15) is 11.7 Å². The average molecular weight is 270 g/mol. The number of hydrogen-bond donors (Lipinski definition) is 2. The second-order valence-electron chi connectivity index (χ2n) is 5.79. The smallest absolute Gasteiger partial charge is 0.120 e. The topological polar surface area (TPSA) is 49.7 Å². The van der Waals surface area contributed by atoms with Gasteiger partial charge in [-0.15, -0.1) is 0 Å². The second-order valence-corrected chi connectivity index (χ2v) is 5.79. The zero-order valence-corrected chi connectivity index (χ0v) is 13.1. The fourth-order valence-electron chi connectivity index (χ4n) is 2.12. The van der Waals surface area contributed by atoms with Crippen LogP contribution in [0, 0.1) is 17.8 Å². The molecule has 0 rings (SSSR count). The van der Waals surface area contributed by atoms with Crippen molar-refractivity contribution >= 4 is 0 Å². The Hall–Kier alpha value is -0.560. The quantitative estimate of drug-likeness (QED) is 0.527. The molecule has 3 atom stereocenters. The molecular formula is C16H30O3. The molecule has 0 saturated carbocycles. The Morgan fingerprint density at radius 3 is 2.26 bits per heavy atom. The van der Waals surface area contributed by atoms with E-state index in [1.54, 1.807) is 21.0 Å². The van der Waals surface area contributed by atoms with Gasteiger partial charge in [0.05, 0.1) is 6.10 Å². The molecule has 0 aliphatic carbocycles. The molecule has 0 amide bonds. The van der Waals surface area contributed by atoms with Crippen molar-refractivity contribution in [2.45, 2.75) is 77.6 Å². The van der Waals surface area contributed by atoms with E-state index >= 15 is 0 Å². The minimum Gasteiger partial charge on any atom is -0.381 e. The van der Waals surface area contributed by atoms with Crippen LogP contribution in [0.1, 0.15) is 59.8 Å². The van der Waals surface area contributed by atoms with Gasteiger partial charge >= 0.3 is 0 Å². The van der Waals surface area contributed by atoms with E-state index in [1.807, 2.05) is 0 Å². The summed E-state index contributed by atoms with van der Waals surface area (Å²) in [6.45, 7) is 7.58. The standard InChI is InChI=1S/C16H30O3/c1-6-15(19-5)13(2)9-7-8-10-14(17)11-12-16(3,4)18/h13-15,17-18H,6-10H2,1-5H3/t13-,14+,15+/m0/s1. The van der Waals surface area contributed by atoms with Crippen LogP contribution in [0.15, 0.2) is 0 Å². The molecule has 0 heterocycles. The van der Waals surface area contributed by atoms with Crippen LogP contribution in [0.25, 0.3) is 0 Å². The number of hydrogen-bond acceptors (Lipinski definition) is 3. The lowest BCUT2D eigenvalue weighted by Crippen LogP contribution is -2.19. The number of aliphatic hydroxyl groups is 2. The van der Waals surface area contributed by atoms with Gasteiger partial charge in [-0.2, -0.15) is 0 Å². The van der Waals surface area contributed by atoms with Gasteiger partial charge in [-0.3, -0.25) is 0 Å². The number of rotatable bonds is 8. The van der Waals surface area contributed by atoms with E-state index in [0.717, 1.165) is 25.7 Å². The minimum absolute atomic E-state index is 0.333.